The molecule has 0 atom stereocenters. The smallest absolute Gasteiger partial charge is 0.310 e. The summed E-state index contributed by atoms with van der Waals surface area (Å²) in [6.45, 7) is -0.137. The van der Waals surface area contributed by atoms with E-state index in [0.29, 0.717) is 12.8 Å². The van der Waals surface area contributed by atoms with Gasteiger partial charge in [-0.15, -0.1) is 0 Å². The molecule has 0 spiro atoms. The predicted octanol–water partition coefficient (Wildman–Crippen LogP) is 1.36. The quantitative estimate of drug-likeness (QED) is 0.856. The highest BCUT2D eigenvalue weighted by atomic mass is 32.2. The topological polar surface area (TPSA) is 83.5 Å². The number of halogens is 1. The van der Waals surface area contributed by atoms with Crippen LogP contribution in [0.4, 0.5) is 4.39 Å². The Hall–Kier alpha value is -1.47. The normalized spacial score (nSPS) is 17.7. The molecule has 1 saturated carbocycles. The van der Waals surface area contributed by atoms with E-state index in [1.54, 1.807) is 0 Å². The van der Waals surface area contributed by atoms with Crippen molar-refractivity contribution in [1.82, 2.24) is 4.72 Å². The van der Waals surface area contributed by atoms with Crippen molar-refractivity contribution in [3.8, 4) is 0 Å². The van der Waals surface area contributed by atoms with Crippen LogP contribution in [0.5, 0.6) is 0 Å². The monoisotopic (exact) mass is 287 g/mol. The van der Waals surface area contributed by atoms with Gasteiger partial charge in [0.1, 0.15) is 5.82 Å². The Morgan fingerprint density at radius 2 is 1.89 bits per heavy atom. The van der Waals surface area contributed by atoms with Gasteiger partial charge in [-0.25, -0.2) is 17.5 Å². The van der Waals surface area contributed by atoms with Crippen molar-refractivity contribution in [1.29, 1.82) is 0 Å². The summed E-state index contributed by atoms with van der Waals surface area (Å²) in [6.07, 6.45) is 1.72. The lowest BCUT2D eigenvalue weighted by atomic mass is 9.69. The first-order chi connectivity index (χ1) is 8.86. The molecule has 104 valence electrons. The van der Waals surface area contributed by atoms with E-state index >= 15 is 0 Å². The minimum absolute atomic E-state index is 0.0752. The van der Waals surface area contributed by atoms with Gasteiger partial charge in [-0.3, -0.25) is 4.79 Å². The number of rotatable bonds is 5. The molecule has 1 aromatic carbocycles. The number of carboxylic acids is 1. The van der Waals surface area contributed by atoms with Crippen LogP contribution >= 0.6 is 0 Å². The minimum atomic E-state index is -3.80. The van der Waals surface area contributed by atoms with E-state index in [0.717, 1.165) is 30.7 Å². The van der Waals surface area contributed by atoms with Crippen molar-refractivity contribution in [3.63, 3.8) is 0 Å². The molecule has 0 amide bonds. The molecule has 0 radical (unpaired) electrons. The molecule has 19 heavy (non-hydrogen) atoms. The third kappa shape index (κ3) is 2.76. The summed E-state index contributed by atoms with van der Waals surface area (Å²) < 4.78 is 38.9. The molecule has 0 saturated heterocycles. The second-order valence-corrected chi connectivity index (χ2v) is 6.48. The Morgan fingerprint density at radius 1 is 1.32 bits per heavy atom. The maximum Gasteiger partial charge on any atom is 0.310 e. The number of carbonyl (C=O) groups is 1. The molecule has 0 aliphatic heterocycles. The Bertz CT molecular complexity index is 578. The van der Waals surface area contributed by atoms with Gasteiger partial charge in [0.05, 0.1) is 10.3 Å². The molecule has 0 aromatic heterocycles. The van der Waals surface area contributed by atoms with Crippen molar-refractivity contribution in [2.45, 2.75) is 24.2 Å². The largest absolute Gasteiger partial charge is 0.481 e. The van der Waals surface area contributed by atoms with Gasteiger partial charge in [-0.1, -0.05) is 6.42 Å². The van der Waals surface area contributed by atoms with Crippen molar-refractivity contribution in [2.75, 3.05) is 6.54 Å². The molecule has 5 nitrogen and oxygen atoms in total. The van der Waals surface area contributed by atoms with Gasteiger partial charge >= 0.3 is 5.97 Å². The second-order valence-electron chi connectivity index (χ2n) is 4.72. The number of aliphatic carboxylic acids is 1. The van der Waals surface area contributed by atoms with Crippen molar-refractivity contribution < 1.29 is 22.7 Å². The van der Waals surface area contributed by atoms with Crippen molar-refractivity contribution >= 4 is 16.0 Å². The average molecular weight is 287 g/mol. The molecule has 0 unspecified atom stereocenters. The summed E-state index contributed by atoms with van der Waals surface area (Å²) in [5, 5.41) is 9.10. The number of carboxylic acid groups (broad SMARTS) is 1. The van der Waals surface area contributed by atoms with Crippen LogP contribution in [0, 0.1) is 11.2 Å². The summed E-state index contributed by atoms with van der Waals surface area (Å²) in [7, 11) is -3.80. The molecule has 2 rings (SSSR count). The van der Waals surface area contributed by atoms with Gasteiger partial charge < -0.3 is 5.11 Å². The summed E-state index contributed by atoms with van der Waals surface area (Å²) in [4.78, 5) is 11.0. The molecule has 1 aliphatic carbocycles. The third-order valence-corrected chi connectivity index (χ3v) is 4.91. The number of hydrogen-bond acceptors (Lipinski definition) is 3. The molecular weight excluding hydrogens is 273 g/mol. The number of nitrogens with one attached hydrogen (secondary N) is 1. The van der Waals surface area contributed by atoms with Gasteiger partial charge in [-0.2, -0.15) is 0 Å². The zero-order valence-electron chi connectivity index (χ0n) is 10.1. The van der Waals surface area contributed by atoms with E-state index in [-0.39, 0.29) is 11.4 Å². The number of sulfonamides is 1. The highest BCUT2D eigenvalue weighted by Gasteiger charge is 2.44. The third-order valence-electron chi connectivity index (χ3n) is 3.49. The van der Waals surface area contributed by atoms with Crippen LogP contribution in [-0.4, -0.2) is 26.0 Å². The first-order valence-corrected chi connectivity index (χ1v) is 7.33. The lowest BCUT2D eigenvalue weighted by Gasteiger charge is -2.37. The molecular formula is C12H14FNO4S. The van der Waals surface area contributed by atoms with E-state index in [4.69, 9.17) is 5.11 Å². The van der Waals surface area contributed by atoms with Crippen LogP contribution in [0.3, 0.4) is 0 Å². The summed E-state index contributed by atoms with van der Waals surface area (Å²) in [6, 6.07) is 4.38. The van der Waals surface area contributed by atoms with Gasteiger partial charge in [0.15, 0.2) is 0 Å². The van der Waals surface area contributed by atoms with Crippen LogP contribution in [0.1, 0.15) is 19.3 Å². The van der Waals surface area contributed by atoms with E-state index in [9.17, 15) is 17.6 Å². The highest BCUT2D eigenvalue weighted by Crippen LogP contribution is 2.40. The molecule has 1 aliphatic rings. The van der Waals surface area contributed by atoms with Crippen LogP contribution in [-0.2, 0) is 14.8 Å². The average Bonchev–Trinajstić information content (AvgIpc) is 2.27. The van der Waals surface area contributed by atoms with Crippen LogP contribution in [0.25, 0.3) is 0 Å². The van der Waals surface area contributed by atoms with E-state index in [2.05, 4.69) is 4.72 Å². The molecule has 1 fully saturated rings. The Kier molecular flexibility index (Phi) is 3.60. The van der Waals surface area contributed by atoms with Crippen LogP contribution in [0.15, 0.2) is 29.2 Å². The maximum absolute atomic E-state index is 12.7. The van der Waals surface area contributed by atoms with E-state index < -0.39 is 27.2 Å². The Morgan fingerprint density at radius 3 is 2.32 bits per heavy atom. The van der Waals surface area contributed by atoms with Gasteiger partial charge in [-0.05, 0) is 37.1 Å². The van der Waals surface area contributed by atoms with Gasteiger partial charge in [0.25, 0.3) is 0 Å². The Labute approximate surface area is 110 Å². The maximum atomic E-state index is 12.7. The Balaban J connectivity index is 2.10. The standard InChI is InChI=1S/C12H14FNO4S/c13-9-2-4-10(5-3-9)19(17,18)14-8-12(11(15)16)6-1-7-12/h2-5,14H,1,6-8H2,(H,15,16). The zero-order valence-corrected chi connectivity index (χ0v) is 10.9. The zero-order chi connectivity index (χ0) is 14.1. The molecule has 1 aromatic rings. The number of hydrogen-bond donors (Lipinski definition) is 2. The molecule has 2 N–H and O–H groups in total. The molecule has 7 heteroatoms. The lowest BCUT2D eigenvalue weighted by Crippen LogP contribution is -2.47. The summed E-state index contributed by atoms with van der Waals surface area (Å²) >= 11 is 0. The number of benzene rings is 1. The second kappa shape index (κ2) is 4.90. The van der Waals surface area contributed by atoms with Gasteiger partial charge in [0, 0.05) is 6.54 Å². The molecule has 0 bridgehead atoms. The fourth-order valence-corrected chi connectivity index (χ4v) is 3.13. The van der Waals surface area contributed by atoms with Crippen LogP contribution in [0.2, 0.25) is 0 Å². The first kappa shape index (κ1) is 14.0. The van der Waals surface area contributed by atoms with E-state index in [1.807, 2.05) is 0 Å². The fraction of sp³-hybridized carbons (Fsp3) is 0.417. The first-order valence-electron chi connectivity index (χ1n) is 5.84. The minimum Gasteiger partial charge on any atom is -0.481 e. The summed E-state index contributed by atoms with van der Waals surface area (Å²) in [5.41, 5.74) is -0.993. The SMILES string of the molecule is O=C(O)C1(CNS(=O)(=O)c2ccc(F)cc2)CCC1. The molecule has 0 heterocycles. The summed E-state index contributed by atoms with van der Waals surface area (Å²) in [5.74, 6) is -1.51. The van der Waals surface area contributed by atoms with E-state index in [1.165, 1.54) is 0 Å². The van der Waals surface area contributed by atoms with Gasteiger partial charge in [0.2, 0.25) is 10.0 Å². The highest BCUT2D eigenvalue weighted by molar-refractivity contribution is 7.89. The van der Waals surface area contributed by atoms with Crippen LogP contribution < -0.4 is 4.72 Å². The lowest BCUT2D eigenvalue weighted by molar-refractivity contribution is -0.153. The fourth-order valence-electron chi connectivity index (χ4n) is 2.00. The van der Waals surface area contributed by atoms with Crippen molar-refractivity contribution in [2.24, 2.45) is 5.41 Å². The van der Waals surface area contributed by atoms with Crippen molar-refractivity contribution in [3.05, 3.63) is 30.1 Å². The predicted molar refractivity (Wildman–Crippen MR) is 65.5 cm³/mol.